The van der Waals surface area contributed by atoms with Crippen molar-refractivity contribution >= 4 is 17.2 Å². The number of rotatable bonds is 7. The zero-order valence-corrected chi connectivity index (χ0v) is 16.2. The van der Waals surface area contributed by atoms with Crippen LogP contribution in [0.25, 0.3) is 11.3 Å². The van der Waals surface area contributed by atoms with Crippen molar-refractivity contribution in [3.63, 3.8) is 0 Å². The molecular formula is C20H26FN3OS. The number of hydrogen-bond donors (Lipinski definition) is 1. The average molecular weight is 376 g/mol. The van der Waals surface area contributed by atoms with Gasteiger partial charge >= 0.3 is 0 Å². The van der Waals surface area contributed by atoms with Crippen LogP contribution in [0.3, 0.4) is 0 Å². The number of thiazole rings is 1. The lowest BCUT2D eigenvalue weighted by atomic mass is 10.1. The zero-order chi connectivity index (χ0) is 18.5. The fraction of sp³-hybridized carbons (Fsp3) is 0.500. The summed E-state index contributed by atoms with van der Waals surface area (Å²) in [4.78, 5) is 20.5. The predicted molar refractivity (Wildman–Crippen MR) is 104 cm³/mol. The molecule has 1 amide bonds. The fourth-order valence-electron chi connectivity index (χ4n) is 3.40. The Kier molecular flexibility index (Phi) is 6.38. The third kappa shape index (κ3) is 4.89. The lowest BCUT2D eigenvalue weighted by Crippen LogP contribution is -2.43. The molecule has 0 spiro atoms. The number of aryl methyl sites for hydroxylation is 1. The van der Waals surface area contributed by atoms with Crippen molar-refractivity contribution in [2.24, 2.45) is 0 Å². The molecule has 1 atom stereocenters. The quantitative estimate of drug-likeness (QED) is 0.801. The van der Waals surface area contributed by atoms with E-state index < -0.39 is 0 Å². The molecule has 2 aromatic rings. The van der Waals surface area contributed by atoms with Crippen LogP contribution >= 0.6 is 11.3 Å². The van der Waals surface area contributed by atoms with E-state index in [1.807, 2.05) is 6.92 Å². The van der Waals surface area contributed by atoms with Crippen LogP contribution in [0, 0.1) is 12.7 Å². The molecule has 0 bridgehead atoms. The highest BCUT2D eigenvalue weighted by molar-refractivity contribution is 7.12. The lowest BCUT2D eigenvalue weighted by Gasteiger charge is -2.23. The number of halogens is 1. The van der Waals surface area contributed by atoms with Gasteiger partial charge in [0.05, 0.1) is 17.1 Å². The third-order valence-corrected chi connectivity index (χ3v) is 5.75. The van der Waals surface area contributed by atoms with E-state index in [9.17, 15) is 9.18 Å². The molecule has 6 heteroatoms. The molecular weight excluding hydrogens is 349 g/mol. The van der Waals surface area contributed by atoms with Crippen LogP contribution in [0.5, 0.6) is 0 Å². The van der Waals surface area contributed by atoms with Crippen molar-refractivity contribution in [2.45, 2.75) is 45.6 Å². The third-order valence-electron chi connectivity index (χ3n) is 4.78. The van der Waals surface area contributed by atoms with Gasteiger partial charge in [-0.1, -0.05) is 6.92 Å². The van der Waals surface area contributed by atoms with Gasteiger partial charge in [-0.3, -0.25) is 4.79 Å². The van der Waals surface area contributed by atoms with Gasteiger partial charge < -0.3 is 10.2 Å². The molecule has 140 valence electrons. The molecule has 3 rings (SSSR count). The van der Waals surface area contributed by atoms with Gasteiger partial charge in [0.25, 0.3) is 0 Å². The van der Waals surface area contributed by atoms with E-state index in [1.165, 1.54) is 36.3 Å². The number of benzene rings is 1. The van der Waals surface area contributed by atoms with Gasteiger partial charge in [-0.2, -0.15) is 0 Å². The van der Waals surface area contributed by atoms with Crippen molar-refractivity contribution in [1.29, 1.82) is 0 Å². The summed E-state index contributed by atoms with van der Waals surface area (Å²) in [7, 11) is 0. The standard InChI is InChI=1S/C20H26FN3OS/c1-3-17(13-24-10-4-5-11-24)23-19(25)12-18-20(22-14(2)26-18)15-6-8-16(21)9-7-15/h6-9,17H,3-5,10-13H2,1-2H3,(H,23,25)/t17-/m1/s1. The highest BCUT2D eigenvalue weighted by Crippen LogP contribution is 2.28. The molecule has 26 heavy (non-hydrogen) atoms. The maximum absolute atomic E-state index is 13.2. The number of carbonyl (C=O) groups is 1. The van der Waals surface area contributed by atoms with Gasteiger partial charge in [-0.15, -0.1) is 11.3 Å². The van der Waals surface area contributed by atoms with Crippen molar-refractivity contribution in [2.75, 3.05) is 19.6 Å². The first-order chi connectivity index (χ1) is 12.5. The molecule has 0 radical (unpaired) electrons. The number of aromatic nitrogens is 1. The molecule has 1 N–H and O–H groups in total. The highest BCUT2D eigenvalue weighted by Gasteiger charge is 2.20. The molecule has 2 heterocycles. The minimum absolute atomic E-state index is 0.0306. The summed E-state index contributed by atoms with van der Waals surface area (Å²) in [5.41, 5.74) is 1.64. The van der Waals surface area contributed by atoms with Gasteiger partial charge in [-0.05, 0) is 63.5 Å². The van der Waals surface area contributed by atoms with E-state index in [0.717, 1.165) is 47.2 Å². The smallest absolute Gasteiger partial charge is 0.225 e. The molecule has 0 unspecified atom stereocenters. The lowest BCUT2D eigenvalue weighted by molar-refractivity contribution is -0.121. The largest absolute Gasteiger partial charge is 0.352 e. The summed E-state index contributed by atoms with van der Waals surface area (Å²) in [6, 6.07) is 6.47. The minimum atomic E-state index is -0.271. The Bertz CT molecular complexity index is 738. The van der Waals surface area contributed by atoms with Gasteiger partial charge in [-0.25, -0.2) is 9.37 Å². The first-order valence-electron chi connectivity index (χ1n) is 9.29. The van der Waals surface area contributed by atoms with Crippen molar-refractivity contribution in [3.05, 3.63) is 40.0 Å². The zero-order valence-electron chi connectivity index (χ0n) is 15.4. The Morgan fingerprint density at radius 1 is 1.31 bits per heavy atom. The summed E-state index contributed by atoms with van der Waals surface area (Å²) in [6.07, 6.45) is 3.75. The number of nitrogens with one attached hydrogen (secondary N) is 1. The Balaban J connectivity index is 1.66. The molecule has 1 aliphatic heterocycles. The van der Waals surface area contributed by atoms with Crippen LogP contribution < -0.4 is 5.32 Å². The van der Waals surface area contributed by atoms with Crippen LogP contribution in [0.1, 0.15) is 36.1 Å². The number of likely N-dealkylation sites (tertiary alicyclic amines) is 1. The summed E-state index contributed by atoms with van der Waals surface area (Å²) in [6.45, 7) is 7.24. The number of nitrogens with zero attached hydrogens (tertiary/aromatic N) is 2. The molecule has 1 aromatic heterocycles. The summed E-state index contributed by atoms with van der Waals surface area (Å²) < 4.78 is 13.2. The van der Waals surface area contributed by atoms with E-state index in [1.54, 1.807) is 12.1 Å². The number of carbonyl (C=O) groups excluding carboxylic acids is 1. The fourth-order valence-corrected chi connectivity index (χ4v) is 4.36. The van der Waals surface area contributed by atoms with Crippen LogP contribution in [-0.2, 0) is 11.2 Å². The second-order valence-electron chi connectivity index (χ2n) is 6.87. The van der Waals surface area contributed by atoms with Gasteiger partial charge in [0.2, 0.25) is 5.91 Å². The Morgan fingerprint density at radius 2 is 2.00 bits per heavy atom. The maximum Gasteiger partial charge on any atom is 0.225 e. The molecule has 1 saturated heterocycles. The van der Waals surface area contributed by atoms with Gasteiger partial charge in [0.1, 0.15) is 5.82 Å². The summed E-state index contributed by atoms with van der Waals surface area (Å²) in [5, 5.41) is 4.09. The van der Waals surface area contributed by atoms with E-state index in [-0.39, 0.29) is 17.8 Å². The van der Waals surface area contributed by atoms with Crippen molar-refractivity contribution in [3.8, 4) is 11.3 Å². The molecule has 0 saturated carbocycles. The van der Waals surface area contributed by atoms with E-state index >= 15 is 0 Å². The molecule has 4 nitrogen and oxygen atoms in total. The monoisotopic (exact) mass is 375 g/mol. The molecule has 0 aliphatic carbocycles. The van der Waals surface area contributed by atoms with E-state index in [0.29, 0.717) is 6.42 Å². The first kappa shape index (κ1) is 19.0. The van der Waals surface area contributed by atoms with Crippen molar-refractivity contribution in [1.82, 2.24) is 15.2 Å². The Hall–Kier alpha value is -1.79. The molecule has 1 aliphatic rings. The highest BCUT2D eigenvalue weighted by atomic mass is 32.1. The summed E-state index contributed by atoms with van der Waals surface area (Å²) in [5.74, 6) is -0.240. The van der Waals surface area contributed by atoms with Crippen LogP contribution in [0.4, 0.5) is 4.39 Å². The van der Waals surface area contributed by atoms with Gasteiger partial charge in [0.15, 0.2) is 0 Å². The first-order valence-corrected chi connectivity index (χ1v) is 10.1. The number of amides is 1. The number of hydrogen-bond acceptors (Lipinski definition) is 4. The molecule has 1 fully saturated rings. The van der Waals surface area contributed by atoms with Gasteiger partial charge in [0, 0.05) is 23.0 Å². The van der Waals surface area contributed by atoms with Crippen LogP contribution in [0.2, 0.25) is 0 Å². The normalized spacial score (nSPS) is 16.0. The predicted octanol–water partition coefficient (Wildman–Crippen LogP) is 3.79. The van der Waals surface area contributed by atoms with E-state index in [2.05, 4.69) is 22.1 Å². The molecule has 1 aromatic carbocycles. The second kappa shape index (κ2) is 8.73. The van der Waals surface area contributed by atoms with Crippen LogP contribution in [-0.4, -0.2) is 41.5 Å². The SMILES string of the molecule is CC[C@H](CN1CCCC1)NC(=O)Cc1sc(C)nc1-c1ccc(F)cc1. The Labute approximate surface area is 158 Å². The minimum Gasteiger partial charge on any atom is -0.352 e. The van der Waals surface area contributed by atoms with Crippen molar-refractivity contribution < 1.29 is 9.18 Å². The van der Waals surface area contributed by atoms with Crippen LogP contribution in [0.15, 0.2) is 24.3 Å². The maximum atomic E-state index is 13.2. The average Bonchev–Trinajstić information content (AvgIpc) is 3.24. The Morgan fingerprint density at radius 3 is 2.65 bits per heavy atom. The van der Waals surface area contributed by atoms with E-state index in [4.69, 9.17) is 0 Å². The topological polar surface area (TPSA) is 45.2 Å². The summed E-state index contributed by atoms with van der Waals surface area (Å²) >= 11 is 1.53. The second-order valence-corrected chi connectivity index (χ2v) is 8.16.